The van der Waals surface area contributed by atoms with Crippen molar-refractivity contribution in [2.75, 3.05) is 6.54 Å². The van der Waals surface area contributed by atoms with Gasteiger partial charge in [-0.15, -0.1) is 0 Å². The highest BCUT2D eigenvalue weighted by atomic mass is 16.3. The molecule has 1 unspecified atom stereocenters. The summed E-state index contributed by atoms with van der Waals surface area (Å²) in [5.41, 5.74) is 0. The molecule has 0 spiro atoms. The van der Waals surface area contributed by atoms with Crippen LogP contribution in [0, 0.1) is 5.92 Å². The third-order valence-electron chi connectivity index (χ3n) is 1.42. The van der Waals surface area contributed by atoms with Gasteiger partial charge in [-0.1, -0.05) is 0 Å². The van der Waals surface area contributed by atoms with E-state index in [0.717, 1.165) is 0 Å². The summed E-state index contributed by atoms with van der Waals surface area (Å²) < 4.78 is 0. The molecule has 1 fully saturated rings. The minimum atomic E-state index is -0.483. The SMILES string of the molecule is C[C@@H](O)C1CNC1=O. The third-order valence-corrected chi connectivity index (χ3v) is 1.42. The number of nitrogens with one attached hydrogen (secondary N) is 1. The predicted octanol–water partition coefficient (Wildman–Crippen LogP) is -0.887. The van der Waals surface area contributed by atoms with Crippen molar-refractivity contribution in [1.29, 1.82) is 0 Å². The van der Waals surface area contributed by atoms with Crippen molar-refractivity contribution < 1.29 is 9.90 Å². The summed E-state index contributed by atoms with van der Waals surface area (Å²) in [5.74, 6) is -0.171. The first kappa shape index (κ1) is 5.56. The molecule has 0 aromatic rings. The molecule has 1 rings (SSSR count). The molecule has 8 heavy (non-hydrogen) atoms. The van der Waals surface area contributed by atoms with Crippen molar-refractivity contribution in [3.63, 3.8) is 0 Å². The fraction of sp³-hybridized carbons (Fsp3) is 0.800. The van der Waals surface area contributed by atoms with Crippen LogP contribution in [0.5, 0.6) is 0 Å². The van der Waals surface area contributed by atoms with E-state index in [2.05, 4.69) is 5.32 Å². The average molecular weight is 115 g/mol. The van der Waals surface area contributed by atoms with Gasteiger partial charge < -0.3 is 10.4 Å². The Balaban J connectivity index is 2.37. The zero-order valence-corrected chi connectivity index (χ0v) is 4.72. The van der Waals surface area contributed by atoms with Crippen molar-refractivity contribution in [2.24, 2.45) is 5.92 Å². The molecule has 1 aliphatic heterocycles. The van der Waals surface area contributed by atoms with E-state index in [1.54, 1.807) is 6.92 Å². The van der Waals surface area contributed by atoms with E-state index in [1.165, 1.54) is 0 Å². The first-order valence-electron chi connectivity index (χ1n) is 2.67. The lowest BCUT2D eigenvalue weighted by atomic mass is 9.97. The maximum absolute atomic E-state index is 10.4. The van der Waals surface area contributed by atoms with Crippen LogP contribution < -0.4 is 5.32 Å². The van der Waals surface area contributed by atoms with E-state index in [-0.39, 0.29) is 11.8 Å². The van der Waals surface area contributed by atoms with Gasteiger partial charge in [-0.2, -0.15) is 0 Å². The summed E-state index contributed by atoms with van der Waals surface area (Å²) in [6, 6.07) is 0. The minimum Gasteiger partial charge on any atom is -0.393 e. The average Bonchev–Trinajstić information content (AvgIpc) is 1.61. The van der Waals surface area contributed by atoms with Crippen molar-refractivity contribution in [1.82, 2.24) is 5.32 Å². The zero-order chi connectivity index (χ0) is 6.15. The predicted molar refractivity (Wildman–Crippen MR) is 28.2 cm³/mol. The van der Waals surface area contributed by atoms with Gasteiger partial charge in [0.2, 0.25) is 5.91 Å². The lowest BCUT2D eigenvalue weighted by Gasteiger charge is -2.27. The molecule has 3 heteroatoms. The molecular weight excluding hydrogens is 106 g/mol. The molecule has 1 saturated heterocycles. The Morgan fingerprint density at radius 2 is 2.62 bits per heavy atom. The summed E-state index contributed by atoms with van der Waals surface area (Å²) >= 11 is 0. The lowest BCUT2D eigenvalue weighted by molar-refractivity contribution is -0.135. The van der Waals surface area contributed by atoms with Gasteiger partial charge in [0.05, 0.1) is 12.0 Å². The molecule has 0 bridgehead atoms. The number of hydrogen-bond donors (Lipinski definition) is 2. The first-order chi connectivity index (χ1) is 3.72. The molecular formula is C5H9NO2. The maximum Gasteiger partial charge on any atom is 0.227 e. The van der Waals surface area contributed by atoms with Gasteiger partial charge in [-0.25, -0.2) is 0 Å². The van der Waals surface area contributed by atoms with Gasteiger partial charge in [0.15, 0.2) is 0 Å². The van der Waals surface area contributed by atoms with E-state index in [0.29, 0.717) is 6.54 Å². The van der Waals surface area contributed by atoms with Crippen LogP contribution in [0.2, 0.25) is 0 Å². The number of carbonyl (C=O) groups excluding carboxylic acids is 1. The molecule has 0 aromatic carbocycles. The molecule has 3 nitrogen and oxygen atoms in total. The summed E-state index contributed by atoms with van der Waals surface area (Å²) in [7, 11) is 0. The number of rotatable bonds is 1. The van der Waals surface area contributed by atoms with Crippen molar-refractivity contribution in [3.05, 3.63) is 0 Å². The second kappa shape index (κ2) is 1.74. The number of hydrogen-bond acceptors (Lipinski definition) is 2. The van der Waals surface area contributed by atoms with Gasteiger partial charge >= 0.3 is 0 Å². The third kappa shape index (κ3) is 0.690. The Morgan fingerprint density at radius 1 is 2.00 bits per heavy atom. The van der Waals surface area contributed by atoms with E-state index >= 15 is 0 Å². The molecule has 0 aromatic heterocycles. The quantitative estimate of drug-likeness (QED) is 0.436. The molecule has 2 atom stereocenters. The van der Waals surface area contributed by atoms with Crippen molar-refractivity contribution >= 4 is 5.91 Å². The van der Waals surface area contributed by atoms with Crippen LogP contribution in [0.25, 0.3) is 0 Å². The van der Waals surface area contributed by atoms with Crippen LogP contribution in [-0.4, -0.2) is 23.7 Å². The van der Waals surface area contributed by atoms with Crippen molar-refractivity contribution in [3.8, 4) is 0 Å². The molecule has 0 saturated carbocycles. The van der Waals surface area contributed by atoms with Crippen LogP contribution in [-0.2, 0) is 4.79 Å². The van der Waals surface area contributed by atoms with Gasteiger partial charge in [0.25, 0.3) is 0 Å². The molecule has 0 radical (unpaired) electrons. The largest absolute Gasteiger partial charge is 0.393 e. The smallest absolute Gasteiger partial charge is 0.227 e. The molecule has 1 heterocycles. The summed E-state index contributed by atoms with van der Waals surface area (Å²) in [6.07, 6.45) is -0.483. The summed E-state index contributed by atoms with van der Waals surface area (Å²) in [6.45, 7) is 2.26. The Bertz CT molecular complexity index is 111. The Hall–Kier alpha value is -0.570. The monoisotopic (exact) mass is 115 g/mol. The molecule has 46 valence electrons. The lowest BCUT2D eigenvalue weighted by Crippen LogP contribution is -2.53. The fourth-order valence-electron chi connectivity index (χ4n) is 0.693. The molecule has 0 aliphatic carbocycles. The van der Waals surface area contributed by atoms with Gasteiger partial charge in [0.1, 0.15) is 0 Å². The minimum absolute atomic E-state index is 0.0278. The van der Waals surface area contributed by atoms with Crippen LogP contribution >= 0.6 is 0 Å². The molecule has 1 aliphatic rings. The standard InChI is InChI=1S/C5H9NO2/c1-3(7)4-2-6-5(4)8/h3-4,7H,2H2,1H3,(H,6,8)/t3-,4?/m1/s1. The van der Waals surface area contributed by atoms with Crippen LogP contribution in [0.1, 0.15) is 6.92 Å². The second-order valence-corrected chi connectivity index (χ2v) is 2.09. The Morgan fingerprint density at radius 3 is 2.62 bits per heavy atom. The number of carbonyl (C=O) groups is 1. The van der Waals surface area contributed by atoms with E-state index in [1.807, 2.05) is 0 Å². The topological polar surface area (TPSA) is 49.3 Å². The van der Waals surface area contributed by atoms with E-state index in [9.17, 15) is 4.79 Å². The van der Waals surface area contributed by atoms with Crippen molar-refractivity contribution in [2.45, 2.75) is 13.0 Å². The van der Waals surface area contributed by atoms with Crippen LogP contribution in [0.15, 0.2) is 0 Å². The number of aliphatic hydroxyl groups excluding tert-OH is 1. The first-order valence-corrected chi connectivity index (χ1v) is 2.67. The fourth-order valence-corrected chi connectivity index (χ4v) is 0.693. The zero-order valence-electron chi connectivity index (χ0n) is 4.72. The Kier molecular flexibility index (Phi) is 1.21. The normalized spacial score (nSPS) is 30.8. The van der Waals surface area contributed by atoms with E-state index < -0.39 is 6.10 Å². The van der Waals surface area contributed by atoms with Crippen LogP contribution in [0.4, 0.5) is 0 Å². The highest BCUT2D eigenvalue weighted by molar-refractivity contribution is 5.84. The molecule has 2 N–H and O–H groups in total. The van der Waals surface area contributed by atoms with Gasteiger partial charge in [-0.05, 0) is 6.92 Å². The summed E-state index contributed by atoms with van der Waals surface area (Å²) in [5, 5.41) is 11.3. The number of amides is 1. The second-order valence-electron chi connectivity index (χ2n) is 2.09. The summed E-state index contributed by atoms with van der Waals surface area (Å²) in [4.78, 5) is 10.4. The maximum atomic E-state index is 10.4. The number of β-lactam (4-membered cyclic amide) rings is 1. The Labute approximate surface area is 47.7 Å². The van der Waals surface area contributed by atoms with Gasteiger partial charge in [-0.3, -0.25) is 4.79 Å². The highest BCUT2D eigenvalue weighted by Gasteiger charge is 2.31. The van der Waals surface area contributed by atoms with Gasteiger partial charge in [0, 0.05) is 6.54 Å². The van der Waals surface area contributed by atoms with Crippen LogP contribution in [0.3, 0.4) is 0 Å². The van der Waals surface area contributed by atoms with E-state index in [4.69, 9.17) is 5.11 Å². The highest BCUT2D eigenvalue weighted by Crippen LogP contribution is 2.09. The molecule has 1 amide bonds. The number of aliphatic hydroxyl groups is 1.